The van der Waals surface area contributed by atoms with Gasteiger partial charge in [0.25, 0.3) is 5.91 Å². The van der Waals surface area contributed by atoms with Crippen LogP contribution < -0.4 is 10.2 Å². The molecule has 0 aromatic heterocycles. The fourth-order valence-electron chi connectivity index (χ4n) is 2.66. The lowest BCUT2D eigenvalue weighted by atomic mass is 10.1. The van der Waals surface area contributed by atoms with Gasteiger partial charge in [0.15, 0.2) is 0 Å². The Morgan fingerprint density at radius 3 is 1.96 bits per heavy atom. The molecule has 0 bridgehead atoms. The summed E-state index contributed by atoms with van der Waals surface area (Å²) in [5.74, 6) is -1.17. The minimum atomic E-state index is -0.589. The van der Waals surface area contributed by atoms with E-state index in [-0.39, 0.29) is 11.9 Å². The van der Waals surface area contributed by atoms with Gasteiger partial charge < -0.3 is 20.0 Å². The van der Waals surface area contributed by atoms with E-state index >= 15 is 0 Å². The molecule has 0 aliphatic carbocycles. The highest BCUT2D eigenvalue weighted by atomic mass is 16.2. The smallest absolute Gasteiger partial charge is 0.312 e. The minimum Gasteiger partial charge on any atom is -0.378 e. The van der Waals surface area contributed by atoms with Crippen LogP contribution in [0.3, 0.4) is 0 Å². The first kappa shape index (κ1) is 18.8. The third-order valence-electron chi connectivity index (χ3n) is 4.10. The summed E-state index contributed by atoms with van der Waals surface area (Å²) < 4.78 is 0. The lowest BCUT2D eigenvalue weighted by Crippen LogP contribution is -2.54. The molecule has 1 heterocycles. The quantitative estimate of drug-likeness (QED) is 0.812. The fourth-order valence-corrected chi connectivity index (χ4v) is 2.66. The third kappa shape index (κ3) is 4.71. The molecule has 0 atom stereocenters. The molecule has 1 aliphatic heterocycles. The molecule has 136 valence electrons. The van der Waals surface area contributed by atoms with Crippen molar-refractivity contribution >= 4 is 23.4 Å². The first-order chi connectivity index (χ1) is 11.8. The SMILES string of the molecule is CC(C)NC(=O)C(=O)N1CCN(C(=O)c2ccc(N(C)C)cc2)CC1. The fraction of sp³-hybridized carbons (Fsp3) is 0.500. The zero-order chi connectivity index (χ0) is 18.6. The van der Waals surface area contributed by atoms with Crippen molar-refractivity contribution in [2.45, 2.75) is 19.9 Å². The van der Waals surface area contributed by atoms with Crippen molar-refractivity contribution in [3.05, 3.63) is 29.8 Å². The lowest BCUT2D eigenvalue weighted by molar-refractivity contribution is -0.147. The molecule has 3 amide bonds. The maximum absolute atomic E-state index is 12.6. The summed E-state index contributed by atoms with van der Waals surface area (Å²) in [5, 5.41) is 2.60. The Labute approximate surface area is 148 Å². The van der Waals surface area contributed by atoms with Crippen LogP contribution in [-0.2, 0) is 9.59 Å². The predicted octanol–water partition coefficient (Wildman–Crippen LogP) is 0.562. The zero-order valence-corrected chi connectivity index (χ0v) is 15.3. The summed E-state index contributed by atoms with van der Waals surface area (Å²) in [6.45, 7) is 5.20. The maximum atomic E-state index is 12.6. The average Bonchev–Trinajstić information content (AvgIpc) is 2.60. The molecule has 1 aliphatic rings. The molecule has 7 nitrogen and oxygen atoms in total. The molecule has 1 saturated heterocycles. The molecule has 0 saturated carbocycles. The molecular formula is C18H26N4O3. The van der Waals surface area contributed by atoms with Crippen LogP contribution in [-0.4, -0.2) is 73.8 Å². The molecule has 2 rings (SSSR count). The molecule has 25 heavy (non-hydrogen) atoms. The van der Waals surface area contributed by atoms with Gasteiger partial charge in [-0.2, -0.15) is 0 Å². The number of nitrogens with one attached hydrogen (secondary N) is 1. The van der Waals surface area contributed by atoms with E-state index in [1.807, 2.05) is 57.1 Å². The number of piperazine rings is 1. The first-order valence-corrected chi connectivity index (χ1v) is 8.46. The minimum absolute atomic E-state index is 0.0518. The number of rotatable bonds is 3. The Morgan fingerprint density at radius 2 is 1.48 bits per heavy atom. The van der Waals surface area contributed by atoms with E-state index in [9.17, 15) is 14.4 Å². The molecule has 1 aromatic carbocycles. The van der Waals surface area contributed by atoms with Crippen LogP contribution in [0.25, 0.3) is 0 Å². The van der Waals surface area contributed by atoms with E-state index in [2.05, 4.69) is 5.32 Å². The summed E-state index contributed by atoms with van der Waals surface area (Å²) in [4.78, 5) is 41.6. The molecule has 0 unspecified atom stereocenters. The highest BCUT2D eigenvalue weighted by molar-refractivity contribution is 6.35. The van der Waals surface area contributed by atoms with Gasteiger partial charge in [0.2, 0.25) is 0 Å². The van der Waals surface area contributed by atoms with Crippen LogP contribution in [0, 0.1) is 0 Å². The van der Waals surface area contributed by atoms with Crippen molar-refractivity contribution < 1.29 is 14.4 Å². The van der Waals surface area contributed by atoms with Gasteiger partial charge in [-0.1, -0.05) is 0 Å². The van der Waals surface area contributed by atoms with Crippen LogP contribution in [0.5, 0.6) is 0 Å². The van der Waals surface area contributed by atoms with E-state index in [0.717, 1.165) is 5.69 Å². The average molecular weight is 346 g/mol. The van der Waals surface area contributed by atoms with E-state index in [1.165, 1.54) is 4.90 Å². The van der Waals surface area contributed by atoms with Gasteiger partial charge in [0.05, 0.1) is 0 Å². The molecule has 0 spiro atoms. The van der Waals surface area contributed by atoms with Crippen LogP contribution in [0.2, 0.25) is 0 Å². The van der Waals surface area contributed by atoms with E-state index in [1.54, 1.807) is 4.90 Å². The van der Waals surface area contributed by atoms with Crippen molar-refractivity contribution in [3.63, 3.8) is 0 Å². The Hall–Kier alpha value is -2.57. The van der Waals surface area contributed by atoms with Crippen LogP contribution in [0.1, 0.15) is 24.2 Å². The van der Waals surface area contributed by atoms with Gasteiger partial charge in [0.1, 0.15) is 0 Å². The topological polar surface area (TPSA) is 73.0 Å². The van der Waals surface area contributed by atoms with Gasteiger partial charge in [-0.25, -0.2) is 0 Å². The van der Waals surface area contributed by atoms with E-state index in [0.29, 0.717) is 31.7 Å². The molecule has 7 heteroatoms. The van der Waals surface area contributed by atoms with Crippen molar-refractivity contribution in [2.75, 3.05) is 45.2 Å². The van der Waals surface area contributed by atoms with Crippen molar-refractivity contribution in [2.24, 2.45) is 0 Å². The Morgan fingerprint density at radius 1 is 0.960 bits per heavy atom. The Kier molecular flexibility index (Phi) is 6.01. The second kappa shape index (κ2) is 8.00. The number of hydrogen-bond acceptors (Lipinski definition) is 4. The lowest BCUT2D eigenvalue weighted by Gasteiger charge is -2.34. The summed E-state index contributed by atoms with van der Waals surface area (Å²) in [6.07, 6.45) is 0. The Balaban J connectivity index is 1.92. The zero-order valence-electron chi connectivity index (χ0n) is 15.3. The maximum Gasteiger partial charge on any atom is 0.312 e. The van der Waals surface area contributed by atoms with Gasteiger partial charge >= 0.3 is 11.8 Å². The summed E-state index contributed by atoms with van der Waals surface area (Å²) in [5.41, 5.74) is 1.66. The molecule has 1 N–H and O–H groups in total. The monoisotopic (exact) mass is 346 g/mol. The summed E-state index contributed by atoms with van der Waals surface area (Å²) in [7, 11) is 3.89. The largest absolute Gasteiger partial charge is 0.378 e. The summed E-state index contributed by atoms with van der Waals surface area (Å²) >= 11 is 0. The molecular weight excluding hydrogens is 320 g/mol. The van der Waals surface area contributed by atoms with Crippen molar-refractivity contribution in [1.29, 1.82) is 0 Å². The first-order valence-electron chi connectivity index (χ1n) is 8.46. The second-order valence-electron chi connectivity index (χ2n) is 6.65. The van der Waals surface area contributed by atoms with Crippen LogP contribution in [0.4, 0.5) is 5.69 Å². The van der Waals surface area contributed by atoms with E-state index in [4.69, 9.17) is 0 Å². The number of amides is 3. The van der Waals surface area contributed by atoms with Crippen molar-refractivity contribution in [3.8, 4) is 0 Å². The summed E-state index contributed by atoms with van der Waals surface area (Å²) in [6, 6.07) is 7.35. The van der Waals surface area contributed by atoms with Gasteiger partial charge in [-0.3, -0.25) is 14.4 Å². The highest BCUT2D eigenvalue weighted by Gasteiger charge is 2.28. The van der Waals surface area contributed by atoms with Gasteiger partial charge in [0, 0.05) is 57.6 Å². The van der Waals surface area contributed by atoms with E-state index < -0.39 is 11.8 Å². The predicted molar refractivity (Wildman–Crippen MR) is 96.5 cm³/mol. The molecule has 1 aromatic rings. The molecule has 1 fully saturated rings. The Bertz CT molecular complexity index is 632. The number of carbonyl (C=O) groups excluding carboxylic acids is 3. The van der Waals surface area contributed by atoms with Gasteiger partial charge in [-0.15, -0.1) is 0 Å². The van der Waals surface area contributed by atoms with Crippen LogP contribution in [0.15, 0.2) is 24.3 Å². The number of anilines is 1. The standard InChI is InChI=1S/C18H26N4O3/c1-13(2)19-16(23)18(25)22-11-9-21(10-12-22)17(24)14-5-7-15(8-6-14)20(3)4/h5-8,13H,9-12H2,1-4H3,(H,19,23). The number of nitrogens with zero attached hydrogens (tertiary/aromatic N) is 3. The number of benzene rings is 1. The third-order valence-corrected chi connectivity index (χ3v) is 4.10. The number of carbonyl (C=O) groups is 3. The normalized spacial score (nSPS) is 14.4. The highest BCUT2D eigenvalue weighted by Crippen LogP contribution is 2.15. The van der Waals surface area contributed by atoms with Crippen molar-refractivity contribution in [1.82, 2.24) is 15.1 Å². The second-order valence-corrected chi connectivity index (χ2v) is 6.65. The van der Waals surface area contributed by atoms with Crippen LogP contribution >= 0.6 is 0 Å². The molecule has 0 radical (unpaired) electrons. The number of hydrogen-bond donors (Lipinski definition) is 1. The van der Waals surface area contributed by atoms with Gasteiger partial charge in [-0.05, 0) is 38.1 Å².